The molecule has 126 valence electrons. The molecule has 0 saturated carbocycles. The van der Waals surface area contributed by atoms with Gasteiger partial charge in [0.05, 0.1) is 13.1 Å². The summed E-state index contributed by atoms with van der Waals surface area (Å²) in [5.41, 5.74) is 1.01. The highest BCUT2D eigenvalue weighted by atomic mass is 16.3. The topological polar surface area (TPSA) is 45.0 Å². The van der Waals surface area contributed by atoms with Gasteiger partial charge in [-0.05, 0) is 30.9 Å². The second-order valence-electron chi connectivity index (χ2n) is 7.36. The monoisotopic (exact) mass is 317 g/mol. The summed E-state index contributed by atoms with van der Waals surface area (Å²) in [7, 11) is 0. The predicted molar refractivity (Wildman–Crippen MR) is 90.2 cm³/mol. The maximum absolute atomic E-state index is 12.7. The van der Waals surface area contributed by atoms with Gasteiger partial charge in [-0.2, -0.15) is 0 Å². The fourth-order valence-corrected chi connectivity index (χ4v) is 4.03. The van der Waals surface area contributed by atoms with E-state index < -0.39 is 0 Å². The normalized spacial score (nSPS) is 28.6. The molecule has 2 aliphatic heterocycles. The highest BCUT2D eigenvalue weighted by molar-refractivity contribution is 5.79. The second kappa shape index (κ2) is 7.35. The standard InChI is InChI=1S/C19H28N2O2/c1-15-5-4-10-21(13-15)19(23)16-8-11-20(12-9-16)14-17-6-2-3-7-18(17)22/h2-3,6-7,15-16,22H,4-5,8-14H2,1H3/p+1/t15-/m0/s1. The van der Waals surface area contributed by atoms with Gasteiger partial charge in [0.15, 0.2) is 0 Å². The van der Waals surface area contributed by atoms with Crippen molar-refractivity contribution < 1.29 is 14.8 Å². The van der Waals surface area contributed by atoms with Crippen molar-refractivity contribution in [1.29, 1.82) is 0 Å². The Bertz CT molecular complexity index is 538. The number of carbonyl (C=O) groups is 1. The van der Waals surface area contributed by atoms with E-state index in [2.05, 4.69) is 11.8 Å². The molecule has 0 radical (unpaired) electrons. The lowest BCUT2D eigenvalue weighted by atomic mass is 9.92. The molecule has 0 bridgehead atoms. The van der Waals surface area contributed by atoms with Gasteiger partial charge in [0.25, 0.3) is 0 Å². The van der Waals surface area contributed by atoms with Crippen LogP contribution in [0.15, 0.2) is 24.3 Å². The third kappa shape index (κ3) is 4.05. The Morgan fingerprint density at radius 2 is 2.00 bits per heavy atom. The second-order valence-corrected chi connectivity index (χ2v) is 7.36. The smallest absolute Gasteiger partial charge is 0.226 e. The molecule has 4 nitrogen and oxygen atoms in total. The summed E-state index contributed by atoms with van der Waals surface area (Å²) >= 11 is 0. The molecule has 23 heavy (non-hydrogen) atoms. The molecule has 2 N–H and O–H groups in total. The zero-order valence-electron chi connectivity index (χ0n) is 14.1. The van der Waals surface area contributed by atoms with Gasteiger partial charge in [0, 0.05) is 37.4 Å². The number of benzene rings is 1. The maximum atomic E-state index is 12.7. The van der Waals surface area contributed by atoms with Gasteiger partial charge in [-0.3, -0.25) is 4.79 Å². The van der Waals surface area contributed by atoms with E-state index in [-0.39, 0.29) is 5.92 Å². The van der Waals surface area contributed by atoms with Crippen molar-refractivity contribution in [2.24, 2.45) is 11.8 Å². The van der Waals surface area contributed by atoms with E-state index >= 15 is 0 Å². The Hall–Kier alpha value is -1.55. The molecule has 0 aliphatic carbocycles. The number of piperidine rings is 2. The number of nitrogens with one attached hydrogen (secondary N) is 1. The largest absolute Gasteiger partial charge is 0.507 e. The lowest BCUT2D eigenvalue weighted by molar-refractivity contribution is -0.919. The number of hydrogen-bond acceptors (Lipinski definition) is 2. The van der Waals surface area contributed by atoms with E-state index in [1.54, 1.807) is 6.07 Å². The van der Waals surface area contributed by atoms with Gasteiger partial charge in [-0.1, -0.05) is 19.1 Å². The van der Waals surface area contributed by atoms with E-state index in [1.165, 1.54) is 11.3 Å². The Morgan fingerprint density at radius 3 is 2.70 bits per heavy atom. The van der Waals surface area contributed by atoms with E-state index in [4.69, 9.17) is 0 Å². The number of rotatable bonds is 3. The van der Waals surface area contributed by atoms with E-state index in [0.29, 0.717) is 17.6 Å². The number of likely N-dealkylation sites (tertiary alicyclic amines) is 2. The van der Waals surface area contributed by atoms with E-state index in [9.17, 15) is 9.90 Å². The van der Waals surface area contributed by atoms with Crippen LogP contribution in [0.4, 0.5) is 0 Å². The van der Waals surface area contributed by atoms with Crippen LogP contribution in [-0.4, -0.2) is 42.1 Å². The van der Waals surface area contributed by atoms with Crippen molar-refractivity contribution in [2.75, 3.05) is 26.2 Å². The third-order valence-corrected chi connectivity index (χ3v) is 5.44. The maximum Gasteiger partial charge on any atom is 0.226 e. The summed E-state index contributed by atoms with van der Waals surface area (Å²) in [6, 6.07) is 7.58. The minimum Gasteiger partial charge on any atom is -0.507 e. The molecule has 1 aromatic carbocycles. The van der Waals surface area contributed by atoms with Gasteiger partial charge in [-0.15, -0.1) is 0 Å². The van der Waals surface area contributed by atoms with Crippen LogP contribution in [0.5, 0.6) is 5.75 Å². The first-order valence-corrected chi connectivity index (χ1v) is 9.02. The lowest BCUT2D eigenvalue weighted by Crippen LogP contribution is -3.11. The number of para-hydroxylation sites is 1. The first kappa shape index (κ1) is 16.3. The van der Waals surface area contributed by atoms with E-state index in [1.807, 2.05) is 18.2 Å². The average molecular weight is 317 g/mol. The number of quaternary nitrogens is 1. The third-order valence-electron chi connectivity index (χ3n) is 5.44. The molecule has 4 heteroatoms. The van der Waals surface area contributed by atoms with Crippen molar-refractivity contribution in [2.45, 2.75) is 39.2 Å². The quantitative estimate of drug-likeness (QED) is 0.886. The Kier molecular flexibility index (Phi) is 5.21. The predicted octanol–water partition coefficient (Wildman–Crippen LogP) is 1.45. The van der Waals surface area contributed by atoms with Gasteiger partial charge in [0.1, 0.15) is 12.3 Å². The number of phenols is 1. The Balaban J connectivity index is 1.50. The SMILES string of the molecule is C[C@H]1CCCN(C(=O)C2CC[NH+](Cc3ccccc3O)CC2)C1. The summed E-state index contributed by atoms with van der Waals surface area (Å²) in [5, 5.41) is 9.90. The minimum absolute atomic E-state index is 0.216. The molecule has 1 amide bonds. The molecule has 1 aromatic rings. The summed E-state index contributed by atoms with van der Waals surface area (Å²) in [4.78, 5) is 16.3. The number of amides is 1. The van der Waals surface area contributed by atoms with Gasteiger partial charge >= 0.3 is 0 Å². The summed E-state index contributed by atoms with van der Waals surface area (Å²) < 4.78 is 0. The summed E-state index contributed by atoms with van der Waals surface area (Å²) in [6.07, 6.45) is 4.37. The first-order valence-electron chi connectivity index (χ1n) is 9.02. The van der Waals surface area contributed by atoms with Crippen molar-refractivity contribution in [3.8, 4) is 5.75 Å². The Morgan fingerprint density at radius 1 is 1.26 bits per heavy atom. The number of carbonyl (C=O) groups excluding carboxylic acids is 1. The van der Waals surface area contributed by atoms with Crippen LogP contribution in [-0.2, 0) is 11.3 Å². The van der Waals surface area contributed by atoms with Crippen LogP contribution >= 0.6 is 0 Å². The fraction of sp³-hybridized carbons (Fsp3) is 0.632. The fourth-order valence-electron chi connectivity index (χ4n) is 4.03. The summed E-state index contributed by atoms with van der Waals surface area (Å²) in [6.45, 7) is 7.05. The van der Waals surface area contributed by atoms with Crippen LogP contribution in [0.3, 0.4) is 0 Å². The lowest BCUT2D eigenvalue weighted by Gasteiger charge is -2.36. The molecule has 2 fully saturated rings. The van der Waals surface area contributed by atoms with Gasteiger partial charge in [0.2, 0.25) is 5.91 Å². The van der Waals surface area contributed by atoms with Gasteiger partial charge in [-0.25, -0.2) is 0 Å². The van der Waals surface area contributed by atoms with E-state index in [0.717, 1.165) is 57.5 Å². The van der Waals surface area contributed by atoms with Crippen molar-refractivity contribution in [3.63, 3.8) is 0 Å². The van der Waals surface area contributed by atoms with Gasteiger partial charge < -0.3 is 14.9 Å². The molecule has 2 heterocycles. The minimum atomic E-state index is 0.216. The van der Waals surface area contributed by atoms with Crippen LogP contribution in [0, 0.1) is 11.8 Å². The number of nitrogens with zero attached hydrogens (tertiary/aromatic N) is 1. The van der Waals surface area contributed by atoms with Crippen LogP contribution < -0.4 is 4.90 Å². The molecular formula is C19H29N2O2+. The first-order chi connectivity index (χ1) is 11.1. The highest BCUT2D eigenvalue weighted by Crippen LogP contribution is 2.21. The van der Waals surface area contributed by atoms with Crippen LogP contribution in [0.2, 0.25) is 0 Å². The van der Waals surface area contributed by atoms with Crippen molar-refractivity contribution >= 4 is 5.91 Å². The number of hydrogen-bond donors (Lipinski definition) is 2. The molecule has 0 spiro atoms. The molecule has 2 saturated heterocycles. The van der Waals surface area contributed by atoms with Crippen molar-refractivity contribution in [1.82, 2.24) is 4.90 Å². The summed E-state index contributed by atoms with van der Waals surface area (Å²) in [5.74, 6) is 1.64. The number of aromatic hydroxyl groups is 1. The average Bonchev–Trinajstić information content (AvgIpc) is 2.57. The molecule has 3 rings (SSSR count). The molecular weight excluding hydrogens is 288 g/mol. The molecule has 2 aliphatic rings. The van der Waals surface area contributed by atoms with Crippen LogP contribution in [0.25, 0.3) is 0 Å². The molecule has 0 unspecified atom stereocenters. The molecule has 0 aromatic heterocycles. The van der Waals surface area contributed by atoms with Crippen LogP contribution in [0.1, 0.15) is 38.2 Å². The molecule has 1 atom stereocenters. The highest BCUT2D eigenvalue weighted by Gasteiger charge is 2.32. The Labute approximate surface area is 139 Å². The van der Waals surface area contributed by atoms with Crippen molar-refractivity contribution in [3.05, 3.63) is 29.8 Å². The number of phenolic OH excluding ortho intramolecular Hbond substituents is 1. The zero-order valence-corrected chi connectivity index (χ0v) is 14.1. The zero-order chi connectivity index (χ0) is 16.2.